The Labute approximate surface area is 110 Å². The van der Waals surface area contributed by atoms with Gasteiger partial charge in [-0.3, -0.25) is 4.90 Å². The molecule has 1 heterocycles. The normalized spacial score (nSPS) is 22.5. The van der Waals surface area contributed by atoms with E-state index in [9.17, 15) is 9.90 Å². The van der Waals surface area contributed by atoms with Crippen molar-refractivity contribution in [1.29, 1.82) is 0 Å². The number of nitrogens with zero attached hydrogens (tertiary/aromatic N) is 1. The van der Waals surface area contributed by atoms with Crippen LogP contribution < -0.4 is 11.1 Å². The molecule has 0 bridgehead atoms. The Morgan fingerprint density at radius 2 is 1.89 bits per heavy atom. The maximum atomic E-state index is 11.3. The number of hydrogen-bond donors (Lipinski definition) is 3. The fourth-order valence-corrected chi connectivity index (χ4v) is 2.93. The highest BCUT2D eigenvalue weighted by molar-refractivity contribution is 5.72. The van der Waals surface area contributed by atoms with Crippen LogP contribution in [0.5, 0.6) is 0 Å². The molecule has 1 aliphatic rings. The molecule has 5 heteroatoms. The second-order valence-electron chi connectivity index (χ2n) is 5.74. The van der Waals surface area contributed by atoms with Gasteiger partial charge >= 0.3 is 6.03 Å². The van der Waals surface area contributed by atoms with Gasteiger partial charge in [0, 0.05) is 13.1 Å². The molecule has 0 radical (unpaired) electrons. The summed E-state index contributed by atoms with van der Waals surface area (Å²) in [6.45, 7) is 7.70. The number of nitrogens with two attached hydrogens (primary N) is 1. The number of carbonyl (C=O) groups is 1. The molecule has 0 aromatic carbocycles. The predicted octanol–water partition coefficient (Wildman–Crippen LogP) is 1.26. The minimum absolute atomic E-state index is 0.369. The predicted molar refractivity (Wildman–Crippen MR) is 72.0 cm³/mol. The molecule has 1 rings (SSSR count). The van der Waals surface area contributed by atoms with Crippen molar-refractivity contribution in [3.05, 3.63) is 0 Å². The zero-order valence-corrected chi connectivity index (χ0v) is 11.8. The molecular weight excluding hydrogens is 230 g/mol. The lowest BCUT2D eigenvalue weighted by Crippen LogP contribution is -2.68. The number of carbonyl (C=O) groups excluding carboxylic acids is 1. The van der Waals surface area contributed by atoms with Gasteiger partial charge in [-0.1, -0.05) is 20.3 Å². The van der Waals surface area contributed by atoms with Crippen molar-refractivity contribution in [2.45, 2.75) is 58.2 Å². The molecule has 0 aromatic heterocycles. The minimum atomic E-state index is -0.722. The molecule has 0 saturated carbocycles. The number of primary amides is 1. The third kappa shape index (κ3) is 3.59. The number of amides is 2. The Balaban J connectivity index is 2.96. The van der Waals surface area contributed by atoms with E-state index in [1.807, 2.05) is 0 Å². The maximum absolute atomic E-state index is 11.3. The van der Waals surface area contributed by atoms with Gasteiger partial charge < -0.3 is 16.2 Å². The number of likely N-dealkylation sites (tertiary alicyclic amines) is 1. The van der Waals surface area contributed by atoms with Crippen molar-refractivity contribution in [2.75, 3.05) is 13.1 Å². The Morgan fingerprint density at radius 3 is 2.28 bits per heavy atom. The lowest BCUT2D eigenvalue weighted by atomic mass is 9.89. The van der Waals surface area contributed by atoms with E-state index in [1.165, 1.54) is 6.42 Å². The minimum Gasteiger partial charge on any atom is -0.390 e. The lowest BCUT2D eigenvalue weighted by Gasteiger charge is -2.48. The van der Waals surface area contributed by atoms with Crippen LogP contribution >= 0.6 is 0 Å². The zero-order valence-electron chi connectivity index (χ0n) is 11.8. The second-order valence-corrected chi connectivity index (χ2v) is 5.74. The Kier molecular flexibility index (Phi) is 5.41. The highest BCUT2D eigenvalue weighted by Gasteiger charge is 2.43. The number of piperidine rings is 1. The van der Waals surface area contributed by atoms with Gasteiger partial charge in [-0.05, 0) is 32.1 Å². The van der Waals surface area contributed by atoms with Crippen LogP contribution in [0.2, 0.25) is 0 Å². The molecule has 2 amide bonds. The van der Waals surface area contributed by atoms with Gasteiger partial charge in [0.25, 0.3) is 0 Å². The van der Waals surface area contributed by atoms with Crippen molar-refractivity contribution in [3.8, 4) is 0 Å². The van der Waals surface area contributed by atoms with E-state index < -0.39 is 17.8 Å². The zero-order chi connectivity index (χ0) is 13.8. The van der Waals surface area contributed by atoms with E-state index in [2.05, 4.69) is 24.1 Å². The average Bonchev–Trinajstić information content (AvgIpc) is 2.27. The second kappa shape index (κ2) is 6.38. The quantitative estimate of drug-likeness (QED) is 0.694. The molecule has 1 saturated heterocycles. The molecule has 1 aliphatic heterocycles. The van der Waals surface area contributed by atoms with Crippen LogP contribution in [0.15, 0.2) is 0 Å². The monoisotopic (exact) mass is 257 g/mol. The van der Waals surface area contributed by atoms with Crippen molar-refractivity contribution in [1.82, 2.24) is 10.2 Å². The van der Waals surface area contributed by atoms with E-state index in [0.29, 0.717) is 12.3 Å². The van der Waals surface area contributed by atoms with Gasteiger partial charge in [0.2, 0.25) is 0 Å². The summed E-state index contributed by atoms with van der Waals surface area (Å²) in [5.74, 6) is 0.369. The molecule has 18 heavy (non-hydrogen) atoms. The van der Waals surface area contributed by atoms with E-state index in [4.69, 9.17) is 5.73 Å². The average molecular weight is 257 g/mol. The van der Waals surface area contributed by atoms with E-state index >= 15 is 0 Å². The number of urea groups is 1. The van der Waals surface area contributed by atoms with Crippen molar-refractivity contribution < 1.29 is 9.90 Å². The van der Waals surface area contributed by atoms with Crippen LogP contribution in [-0.2, 0) is 0 Å². The molecule has 0 spiro atoms. The summed E-state index contributed by atoms with van der Waals surface area (Å²) >= 11 is 0. The third-order valence-corrected chi connectivity index (χ3v) is 3.67. The Morgan fingerprint density at radius 1 is 1.33 bits per heavy atom. The first-order chi connectivity index (χ1) is 8.38. The molecule has 5 nitrogen and oxygen atoms in total. The van der Waals surface area contributed by atoms with Gasteiger partial charge in [-0.25, -0.2) is 4.79 Å². The maximum Gasteiger partial charge on any atom is 0.313 e. The van der Waals surface area contributed by atoms with Crippen molar-refractivity contribution in [2.24, 2.45) is 11.7 Å². The molecule has 106 valence electrons. The van der Waals surface area contributed by atoms with Crippen LogP contribution in [0.3, 0.4) is 0 Å². The van der Waals surface area contributed by atoms with E-state index in [-0.39, 0.29) is 0 Å². The van der Waals surface area contributed by atoms with Crippen LogP contribution in [0, 0.1) is 5.92 Å². The molecule has 2 unspecified atom stereocenters. The Hall–Kier alpha value is -0.810. The van der Waals surface area contributed by atoms with Gasteiger partial charge in [0.15, 0.2) is 0 Å². The van der Waals surface area contributed by atoms with Gasteiger partial charge in [0.05, 0.1) is 6.10 Å². The number of aliphatic hydroxyl groups excluding tert-OH is 1. The first-order valence-electron chi connectivity index (χ1n) is 6.89. The van der Waals surface area contributed by atoms with Gasteiger partial charge in [0.1, 0.15) is 5.66 Å². The van der Waals surface area contributed by atoms with Crippen LogP contribution in [0.1, 0.15) is 46.5 Å². The van der Waals surface area contributed by atoms with Crippen LogP contribution in [0.4, 0.5) is 4.79 Å². The molecule has 0 aromatic rings. The summed E-state index contributed by atoms with van der Waals surface area (Å²) in [5, 5.41) is 13.0. The van der Waals surface area contributed by atoms with E-state index in [0.717, 1.165) is 25.9 Å². The van der Waals surface area contributed by atoms with E-state index in [1.54, 1.807) is 6.92 Å². The fourth-order valence-electron chi connectivity index (χ4n) is 2.93. The SMILES string of the molecule is CC(C)CC(NC(N)=O)(C(C)O)N1CCCCC1. The standard InChI is InChI=1S/C13H27N3O2/c1-10(2)9-13(11(3)17,15-12(14)18)16-7-5-4-6-8-16/h10-11,17H,4-9H2,1-3H3,(H3,14,15,18). The summed E-state index contributed by atoms with van der Waals surface area (Å²) in [6, 6.07) is -0.567. The topological polar surface area (TPSA) is 78.6 Å². The fraction of sp³-hybridized carbons (Fsp3) is 0.923. The number of rotatable bonds is 5. The van der Waals surface area contributed by atoms with Crippen LogP contribution in [0.25, 0.3) is 0 Å². The molecular formula is C13H27N3O2. The van der Waals surface area contributed by atoms with Crippen LogP contribution in [-0.4, -0.2) is 40.9 Å². The van der Waals surface area contributed by atoms with Gasteiger partial charge in [-0.15, -0.1) is 0 Å². The summed E-state index contributed by atoms with van der Waals surface area (Å²) in [6.07, 6.45) is 3.48. The smallest absolute Gasteiger partial charge is 0.313 e. The highest BCUT2D eigenvalue weighted by atomic mass is 16.3. The van der Waals surface area contributed by atoms with Crippen molar-refractivity contribution in [3.63, 3.8) is 0 Å². The number of hydrogen-bond acceptors (Lipinski definition) is 3. The lowest BCUT2D eigenvalue weighted by molar-refractivity contribution is -0.0597. The third-order valence-electron chi connectivity index (χ3n) is 3.67. The molecule has 0 aliphatic carbocycles. The summed E-state index contributed by atoms with van der Waals surface area (Å²) < 4.78 is 0. The summed E-state index contributed by atoms with van der Waals surface area (Å²) in [4.78, 5) is 13.5. The first-order valence-corrected chi connectivity index (χ1v) is 6.89. The molecule has 1 fully saturated rings. The molecule has 4 N–H and O–H groups in total. The van der Waals surface area contributed by atoms with Crippen molar-refractivity contribution >= 4 is 6.03 Å². The Bertz CT molecular complexity index is 275. The summed E-state index contributed by atoms with van der Waals surface area (Å²) in [7, 11) is 0. The highest BCUT2D eigenvalue weighted by Crippen LogP contribution is 2.28. The number of nitrogens with one attached hydrogen (secondary N) is 1. The summed E-state index contributed by atoms with van der Waals surface area (Å²) in [5.41, 5.74) is 4.59. The largest absolute Gasteiger partial charge is 0.390 e. The first kappa shape index (κ1) is 15.2. The van der Waals surface area contributed by atoms with Gasteiger partial charge in [-0.2, -0.15) is 0 Å². The molecule has 2 atom stereocenters. The number of aliphatic hydroxyl groups is 1.